The van der Waals surface area contributed by atoms with E-state index < -0.39 is 5.97 Å². The molecule has 0 bridgehead atoms. The first-order chi connectivity index (χ1) is 2.77. The molecule has 0 saturated heterocycles. The van der Waals surface area contributed by atoms with Crippen molar-refractivity contribution < 1.29 is 9.90 Å². The molecular weight excluding hydrogens is 117 g/mol. The number of hydrogen-bond acceptors (Lipinski definition) is 2. The summed E-state index contributed by atoms with van der Waals surface area (Å²) in [4.78, 5) is 9.49. The summed E-state index contributed by atoms with van der Waals surface area (Å²) in [5.41, 5.74) is 0. The molecule has 45 valence electrons. The average Bonchev–Trinajstić information content (AvgIpc) is 1.35. The minimum atomic E-state index is -0.961. The zero-order chi connectivity index (χ0) is 4.99. The monoisotopic (exact) mass is 128 g/mol. The third-order valence-corrected chi connectivity index (χ3v) is 0.454. The summed E-state index contributed by atoms with van der Waals surface area (Å²) in [6.45, 7) is 1.80. The molecule has 0 atom stereocenters. The predicted molar refractivity (Wildman–Crippen MR) is 31.7 cm³/mol. The molecule has 0 unspecified atom stereocenters. The Hall–Kier alpha value is 0.430. The van der Waals surface area contributed by atoms with Crippen molar-refractivity contribution in [2.45, 2.75) is 19.8 Å². The Kier molecular flexibility index (Phi) is 20.6. The second-order valence-electron chi connectivity index (χ2n) is 1.12. The Morgan fingerprint density at radius 1 is 1.62 bits per heavy atom. The molecule has 0 heterocycles. The van der Waals surface area contributed by atoms with E-state index in [9.17, 15) is 9.90 Å². The molecule has 0 rings (SSSR count). The maximum absolute atomic E-state index is 9.49. The standard InChI is InChI=1S/C4H8O2.H3N.Na/c1-2-3-4(5)6;;/h2-3H2,1H3,(H,5,6);1H3;. The molecule has 8 heavy (non-hydrogen) atoms. The van der Waals surface area contributed by atoms with E-state index in [1.807, 2.05) is 0 Å². The van der Waals surface area contributed by atoms with Gasteiger partial charge in [0.25, 0.3) is 0 Å². The number of carboxylic acids is 1. The van der Waals surface area contributed by atoms with Gasteiger partial charge in [0, 0.05) is 35.5 Å². The quantitative estimate of drug-likeness (QED) is 0.510. The maximum atomic E-state index is 9.49. The molecule has 0 aliphatic rings. The van der Waals surface area contributed by atoms with Gasteiger partial charge in [-0.05, 0) is 6.42 Å². The van der Waals surface area contributed by atoms with Crippen molar-refractivity contribution in [3.8, 4) is 0 Å². The van der Waals surface area contributed by atoms with Crippen LogP contribution in [0.1, 0.15) is 19.8 Å². The molecule has 3 nitrogen and oxygen atoms in total. The van der Waals surface area contributed by atoms with Crippen molar-refractivity contribution in [2.75, 3.05) is 0 Å². The number of aliphatic carboxylic acids is 1. The minimum Gasteiger partial charge on any atom is -0.550 e. The molecule has 0 aliphatic heterocycles. The van der Waals surface area contributed by atoms with Gasteiger partial charge in [-0.3, -0.25) is 0 Å². The maximum Gasteiger partial charge on any atom is 0.0414 e. The van der Waals surface area contributed by atoms with Crippen molar-refractivity contribution in [3.63, 3.8) is 0 Å². The first kappa shape index (κ1) is 15.8. The molecule has 0 aromatic rings. The molecule has 0 amide bonds. The number of quaternary nitrogens is 1. The van der Waals surface area contributed by atoms with Crippen LogP contribution in [0.2, 0.25) is 0 Å². The number of hydrogen-bond donors (Lipinski definition) is 1. The Balaban J connectivity index is -0.000000125. The topological polar surface area (TPSA) is 76.6 Å². The molecule has 4 heteroatoms. The van der Waals surface area contributed by atoms with Gasteiger partial charge in [-0.2, -0.15) is 0 Å². The third kappa shape index (κ3) is 16.1. The van der Waals surface area contributed by atoms with Gasteiger partial charge in [-0.15, -0.1) is 0 Å². The number of rotatable bonds is 2. The fourth-order valence-electron chi connectivity index (χ4n) is 0.204. The van der Waals surface area contributed by atoms with Gasteiger partial charge in [0.2, 0.25) is 0 Å². The molecule has 0 aromatic carbocycles. The summed E-state index contributed by atoms with van der Waals surface area (Å²) in [5, 5.41) is 9.49. The fourth-order valence-corrected chi connectivity index (χ4v) is 0.204. The van der Waals surface area contributed by atoms with E-state index in [-0.39, 0.29) is 42.1 Å². The number of carboxylic acid groups (broad SMARTS) is 1. The van der Waals surface area contributed by atoms with Crippen LogP contribution in [-0.4, -0.2) is 35.5 Å². The van der Waals surface area contributed by atoms with Gasteiger partial charge in [0.15, 0.2) is 0 Å². The van der Waals surface area contributed by atoms with E-state index in [4.69, 9.17) is 0 Å². The van der Waals surface area contributed by atoms with Gasteiger partial charge < -0.3 is 16.1 Å². The smallest absolute Gasteiger partial charge is 0.0414 e. The molecule has 0 saturated carbocycles. The van der Waals surface area contributed by atoms with Crippen LogP contribution in [0.25, 0.3) is 0 Å². The van der Waals surface area contributed by atoms with E-state index in [2.05, 4.69) is 0 Å². The largest absolute Gasteiger partial charge is 0.550 e. The summed E-state index contributed by atoms with van der Waals surface area (Å²) in [7, 11) is 0. The molecule has 0 aromatic heterocycles. The summed E-state index contributed by atoms with van der Waals surface area (Å²) in [6, 6.07) is 0. The SMILES string of the molecule is CCCC(=O)[O-].[NH4+].[Na]. The molecule has 1 radical (unpaired) electrons. The van der Waals surface area contributed by atoms with Crippen molar-refractivity contribution in [2.24, 2.45) is 0 Å². The van der Waals surface area contributed by atoms with Crippen LogP contribution in [0, 0.1) is 0 Å². The van der Waals surface area contributed by atoms with Crippen LogP contribution in [0.15, 0.2) is 0 Å². The Morgan fingerprint density at radius 2 is 2.00 bits per heavy atom. The van der Waals surface area contributed by atoms with Gasteiger partial charge >= 0.3 is 0 Å². The van der Waals surface area contributed by atoms with Crippen LogP contribution in [0.4, 0.5) is 0 Å². The fraction of sp³-hybridized carbons (Fsp3) is 0.750. The van der Waals surface area contributed by atoms with Crippen LogP contribution >= 0.6 is 0 Å². The van der Waals surface area contributed by atoms with Gasteiger partial charge in [-0.1, -0.05) is 13.3 Å². The van der Waals surface area contributed by atoms with Gasteiger partial charge in [-0.25, -0.2) is 0 Å². The minimum absolute atomic E-state index is 0. The van der Waals surface area contributed by atoms with Gasteiger partial charge in [0.1, 0.15) is 0 Å². The molecule has 4 N–H and O–H groups in total. The second kappa shape index (κ2) is 10.4. The van der Waals surface area contributed by atoms with E-state index in [0.717, 1.165) is 0 Å². The summed E-state index contributed by atoms with van der Waals surface area (Å²) in [6.07, 6.45) is 0.850. The number of carbonyl (C=O) groups is 1. The van der Waals surface area contributed by atoms with Crippen LogP contribution < -0.4 is 11.3 Å². The molecular formula is C4H11NNaO2. The molecule has 0 spiro atoms. The van der Waals surface area contributed by atoms with Crippen LogP contribution in [0.3, 0.4) is 0 Å². The average molecular weight is 128 g/mol. The van der Waals surface area contributed by atoms with Crippen molar-refractivity contribution in [1.82, 2.24) is 6.15 Å². The molecule has 0 aliphatic carbocycles. The van der Waals surface area contributed by atoms with Crippen molar-refractivity contribution in [3.05, 3.63) is 0 Å². The first-order valence-electron chi connectivity index (χ1n) is 1.97. The first-order valence-corrected chi connectivity index (χ1v) is 1.97. The summed E-state index contributed by atoms with van der Waals surface area (Å²) in [5.74, 6) is -0.961. The predicted octanol–water partition coefficient (Wildman–Crippen LogP) is -0.468. The Bertz CT molecular complexity index is 58.0. The van der Waals surface area contributed by atoms with Crippen LogP contribution in [-0.2, 0) is 4.79 Å². The van der Waals surface area contributed by atoms with E-state index >= 15 is 0 Å². The van der Waals surface area contributed by atoms with E-state index in [1.54, 1.807) is 6.92 Å². The zero-order valence-electron chi connectivity index (χ0n) is 5.73. The van der Waals surface area contributed by atoms with Crippen molar-refractivity contribution in [1.29, 1.82) is 0 Å². The normalized spacial score (nSPS) is 6.12. The Morgan fingerprint density at radius 3 is 2.00 bits per heavy atom. The summed E-state index contributed by atoms with van der Waals surface area (Å²) < 4.78 is 0. The second-order valence-corrected chi connectivity index (χ2v) is 1.12. The zero-order valence-corrected chi connectivity index (χ0v) is 7.73. The van der Waals surface area contributed by atoms with E-state index in [0.29, 0.717) is 6.42 Å². The Labute approximate surface area is 71.3 Å². The number of carbonyl (C=O) groups excluding carboxylic acids is 1. The third-order valence-electron chi connectivity index (χ3n) is 0.454. The van der Waals surface area contributed by atoms with E-state index in [1.165, 1.54) is 0 Å². The molecule has 0 fully saturated rings. The summed E-state index contributed by atoms with van der Waals surface area (Å²) >= 11 is 0. The van der Waals surface area contributed by atoms with Crippen LogP contribution in [0.5, 0.6) is 0 Å². The van der Waals surface area contributed by atoms with Crippen molar-refractivity contribution >= 4 is 35.5 Å². The van der Waals surface area contributed by atoms with Gasteiger partial charge in [0.05, 0.1) is 0 Å².